The lowest BCUT2D eigenvalue weighted by molar-refractivity contribution is 1.70. The van der Waals surface area contributed by atoms with Gasteiger partial charge in [-0.25, -0.2) is 0 Å². The molecule has 0 aliphatic carbocycles. The Morgan fingerprint density at radius 3 is 2.00 bits per heavy atom. The normalized spacial score (nSPS) is 41.4. The molecule has 1 aliphatic rings. The monoisotopic (exact) mass is 214 g/mol. The molecule has 5 heavy (non-hydrogen) atoms. The van der Waals surface area contributed by atoms with Gasteiger partial charge in [0.05, 0.1) is 0 Å². The van der Waals surface area contributed by atoms with Crippen LogP contribution in [0.5, 0.6) is 0 Å². The number of rotatable bonds is 0. The maximum Gasteiger partial charge on any atom is 0.103 e. The molecule has 1 heterocycles. The largest absolute Gasteiger partial charge is 0.124 e. The molecule has 1 rings (SSSR count). The molecule has 0 bridgehead atoms. The van der Waals surface area contributed by atoms with E-state index >= 15 is 0 Å². The molecule has 0 aromatic carbocycles. The predicted molar refractivity (Wildman–Crippen MR) is 39.3 cm³/mol. The van der Waals surface area contributed by atoms with Crippen molar-refractivity contribution in [3.63, 3.8) is 0 Å². The van der Waals surface area contributed by atoms with Crippen LogP contribution in [0.2, 0.25) is 11.3 Å². The van der Waals surface area contributed by atoms with Crippen LogP contribution in [0.15, 0.2) is 0 Å². The maximum absolute atomic E-state index is 2.67. The molecule has 0 spiro atoms. The van der Waals surface area contributed by atoms with Crippen LogP contribution in [0.25, 0.3) is 0 Å². The van der Waals surface area contributed by atoms with Crippen LogP contribution < -0.4 is 0 Å². The Labute approximate surface area is 49.0 Å². The van der Waals surface area contributed by atoms with Crippen molar-refractivity contribution in [2.24, 2.45) is 0 Å². The Kier molecular flexibility index (Phi) is 1.51. The summed E-state index contributed by atoms with van der Waals surface area (Å²) in [7, 11) is 0.612. The molecule has 1 aliphatic heterocycles. The molecule has 0 amide bonds. The summed E-state index contributed by atoms with van der Waals surface area (Å²) in [6, 6.07) is 0. The zero-order valence-corrected chi connectivity index (χ0v) is 7.80. The van der Waals surface area contributed by atoms with Gasteiger partial charge in [-0.1, -0.05) is 11.3 Å². The summed E-state index contributed by atoms with van der Waals surface area (Å²) in [5, 5.41) is 0. The zero-order valence-electron chi connectivity index (χ0n) is 3.08. The summed E-state index contributed by atoms with van der Waals surface area (Å²) in [5.41, 5.74) is 3.50. The number of hydrogen-bond donors (Lipinski definition) is 0. The average Bonchev–Trinajstić information content (AvgIpc) is 1.30. The van der Waals surface area contributed by atoms with Gasteiger partial charge in [0.15, 0.2) is 0 Å². The van der Waals surface area contributed by atoms with Crippen LogP contribution in [0.1, 0.15) is 0 Å². The van der Waals surface area contributed by atoms with E-state index in [2.05, 4.69) is 21.8 Å². The van der Waals surface area contributed by atoms with Gasteiger partial charge >= 0.3 is 0 Å². The van der Waals surface area contributed by atoms with Crippen molar-refractivity contribution >= 4 is 37.6 Å². The molecule has 0 aromatic rings. The first-order valence-corrected chi connectivity index (χ1v) is 9.84. The first-order chi connectivity index (χ1) is 2.39. The van der Waals surface area contributed by atoms with E-state index in [9.17, 15) is 0 Å². The molecule has 0 atom stereocenters. The van der Waals surface area contributed by atoms with E-state index in [1.807, 2.05) is 0 Å². The van der Waals surface area contributed by atoms with Crippen molar-refractivity contribution < 1.29 is 0 Å². The lowest BCUT2D eigenvalue weighted by atomic mass is 11.8. The third-order valence-corrected chi connectivity index (χ3v) is 20.5. The minimum absolute atomic E-state index is 0.0626. The van der Waals surface area contributed by atoms with Gasteiger partial charge in [0.25, 0.3) is 0 Å². The molecular formula is C2H7ISi2. The summed E-state index contributed by atoms with van der Waals surface area (Å²) in [6.45, 7) is 0. The predicted octanol–water partition coefficient (Wildman–Crippen LogP) is 0.243. The van der Waals surface area contributed by atoms with E-state index in [1.165, 1.54) is 0 Å². The van der Waals surface area contributed by atoms with E-state index in [1.54, 1.807) is 11.3 Å². The van der Waals surface area contributed by atoms with Gasteiger partial charge in [0, 0.05) is 9.52 Å². The van der Waals surface area contributed by atoms with Crippen molar-refractivity contribution in [2.45, 2.75) is 11.3 Å². The van der Waals surface area contributed by atoms with E-state index < -0.39 is 0 Å². The van der Waals surface area contributed by atoms with Gasteiger partial charge in [-0.3, -0.25) is 0 Å². The van der Waals surface area contributed by atoms with Crippen LogP contribution in [0.3, 0.4) is 0 Å². The lowest BCUT2D eigenvalue weighted by Gasteiger charge is -2.14. The third-order valence-electron chi connectivity index (χ3n) is 1.03. The highest BCUT2D eigenvalue weighted by Gasteiger charge is 2.14. The second kappa shape index (κ2) is 1.74. The summed E-state index contributed by atoms with van der Waals surface area (Å²) in [6.07, 6.45) is 0.0626. The smallest absolute Gasteiger partial charge is 0.103 e. The standard InChI is InChI=1S/C2H7ISi2/c3-5-1-4-2-5/h5H,1-2,4H2. The van der Waals surface area contributed by atoms with Crippen LogP contribution in [-0.2, 0) is 0 Å². The summed E-state index contributed by atoms with van der Waals surface area (Å²) >= 11 is 2.67. The molecule has 0 radical (unpaired) electrons. The van der Waals surface area contributed by atoms with Crippen molar-refractivity contribution in [1.82, 2.24) is 0 Å². The van der Waals surface area contributed by atoms with Crippen molar-refractivity contribution in [3.05, 3.63) is 0 Å². The fraction of sp³-hybridized carbons (Fsp3) is 1.00. The Bertz CT molecular complexity index is 34.6. The highest BCUT2D eigenvalue weighted by molar-refractivity contribution is 14.1. The van der Waals surface area contributed by atoms with Gasteiger partial charge in [-0.15, -0.1) is 21.8 Å². The molecule has 0 N–H and O–H groups in total. The Morgan fingerprint density at radius 2 is 2.00 bits per heavy atom. The highest BCUT2D eigenvalue weighted by atomic mass is 127. The first kappa shape index (κ1) is 4.33. The van der Waals surface area contributed by atoms with Crippen LogP contribution in [-0.4, -0.2) is 15.8 Å². The minimum Gasteiger partial charge on any atom is -0.124 e. The molecule has 0 saturated carbocycles. The second-order valence-corrected chi connectivity index (χ2v) is 13.3. The molecule has 3 heteroatoms. The molecule has 0 unspecified atom stereocenters. The maximum atomic E-state index is 2.67. The Morgan fingerprint density at radius 1 is 1.60 bits per heavy atom. The van der Waals surface area contributed by atoms with E-state index in [0.717, 1.165) is 0 Å². The van der Waals surface area contributed by atoms with E-state index in [-0.39, 0.29) is 6.29 Å². The van der Waals surface area contributed by atoms with Gasteiger partial charge in [0.1, 0.15) is 6.29 Å². The highest BCUT2D eigenvalue weighted by Crippen LogP contribution is 2.15. The average molecular weight is 214 g/mol. The van der Waals surface area contributed by atoms with Crippen molar-refractivity contribution in [3.8, 4) is 0 Å². The summed E-state index contributed by atoms with van der Waals surface area (Å²) in [5.74, 6) is 0. The fourth-order valence-electron chi connectivity index (χ4n) is 0.358. The van der Waals surface area contributed by atoms with Crippen molar-refractivity contribution in [1.29, 1.82) is 0 Å². The number of halogens is 1. The van der Waals surface area contributed by atoms with Gasteiger partial charge < -0.3 is 0 Å². The second-order valence-electron chi connectivity index (χ2n) is 1.53. The van der Waals surface area contributed by atoms with E-state index in [0.29, 0.717) is 9.52 Å². The van der Waals surface area contributed by atoms with Crippen LogP contribution >= 0.6 is 21.8 Å². The molecule has 0 aromatic heterocycles. The quantitative estimate of drug-likeness (QED) is 0.308. The first-order valence-electron chi connectivity index (χ1n) is 2.03. The third kappa shape index (κ3) is 1.01. The minimum atomic E-state index is 0.0626. The van der Waals surface area contributed by atoms with Crippen molar-refractivity contribution in [2.75, 3.05) is 0 Å². The van der Waals surface area contributed by atoms with Gasteiger partial charge in [0.2, 0.25) is 0 Å². The summed E-state index contributed by atoms with van der Waals surface area (Å²) < 4.78 is 0. The van der Waals surface area contributed by atoms with Crippen LogP contribution in [0.4, 0.5) is 0 Å². The van der Waals surface area contributed by atoms with Gasteiger partial charge in [-0.2, -0.15) is 0 Å². The Balaban J connectivity index is 2.08. The van der Waals surface area contributed by atoms with E-state index in [4.69, 9.17) is 0 Å². The topological polar surface area (TPSA) is 0 Å². The molecule has 1 fully saturated rings. The summed E-state index contributed by atoms with van der Waals surface area (Å²) in [4.78, 5) is 0. The van der Waals surface area contributed by atoms with Crippen LogP contribution in [0, 0.1) is 0 Å². The fourth-order valence-corrected chi connectivity index (χ4v) is 11.2. The Hall–Kier alpha value is 1.16. The SMILES string of the molecule is I[SiH]1C[SiH2]C1. The molecule has 0 nitrogen and oxygen atoms in total. The lowest BCUT2D eigenvalue weighted by Crippen LogP contribution is -2.21. The van der Waals surface area contributed by atoms with Gasteiger partial charge in [-0.05, 0) is 0 Å². The zero-order chi connectivity index (χ0) is 3.70. The number of hydrogen-bond acceptors (Lipinski definition) is 0. The molecule has 30 valence electrons. The molecule has 1 saturated heterocycles. The molecular weight excluding hydrogens is 207 g/mol.